The van der Waals surface area contributed by atoms with Gasteiger partial charge in [-0.1, -0.05) is 43.8 Å². The smallest absolute Gasteiger partial charge is 0.404 e. The fraction of sp³-hybridized carbons (Fsp3) is 0.273. The van der Waals surface area contributed by atoms with Crippen LogP contribution in [0, 0.1) is 11.6 Å². The Morgan fingerprint density at radius 2 is 1.87 bits per heavy atom. The number of rotatable bonds is 8. The first kappa shape index (κ1) is 22.6. The van der Waals surface area contributed by atoms with Crippen LogP contribution in [-0.2, 0) is 17.7 Å². The third-order valence-electron chi connectivity index (χ3n) is 4.58. The Morgan fingerprint density at radius 1 is 1.19 bits per heavy atom. The summed E-state index contributed by atoms with van der Waals surface area (Å²) in [7, 11) is 0. The maximum atomic E-state index is 13.8. The van der Waals surface area contributed by atoms with E-state index in [4.69, 9.17) is 21.2 Å². The SMILES string of the molecule is CC(C)c1nc(CCOC(N)=O)n(Cc2ccccc2N)c1Sc1cc(F)cc(F)c1. The molecule has 0 bridgehead atoms. The van der Waals surface area contributed by atoms with Gasteiger partial charge in [-0.25, -0.2) is 18.6 Å². The van der Waals surface area contributed by atoms with Crippen LogP contribution in [0.25, 0.3) is 0 Å². The third-order valence-corrected chi connectivity index (χ3v) is 5.67. The number of nitrogen functional groups attached to an aromatic ring is 1. The Hall–Kier alpha value is -3.07. The van der Waals surface area contributed by atoms with Crippen molar-refractivity contribution in [2.75, 3.05) is 12.3 Å². The van der Waals surface area contributed by atoms with E-state index in [0.29, 0.717) is 29.4 Å². The molecule has 0 atom stereocenters. The van der Waals surface area contributed by atoms with E-state index in [2.05, 4.69) is 0 Å². The summed E-state index contributed by atoms with van der Waals surface area (Å²) >= 11 is 1.23. The normalized spacial score (nSPS) is 11.1. The van der Waals surface area contributed by atoms with Crippen LogP contribution in [0.2, 0.25) is 0 Å². The average Bonchev–Trinajstić information content (AvgIpc) is 3.00. The molecule has 1 amide bonds. The lowest BCUT2D eigenvalue weighted by atomic mass is 10.1. The largest absolute Gasteiger partial charge is 0.449 e. The van der Waals surface area contributed by atoms with Gasteiger partial charge in [0.05, 0.1) is 12.2 Å². The number of halogens is 2. The lowest BCUT2D eigenvalue weighted by Crippen LogP contribution is -2.16. The summed E-state index contributed by atoms with van der Waals surface area (Å²) in [6.07, 6.45) is -0.535. The van der Waals surface area contributed by atoms with E-state index in [-0.39, 0.29) is 12.5 Å². The second-order valence-electron chi connectivity index (χ2n) is 7.28. The molecule has 9 heteroatoms. The number of anilines is 1. The zero-order valence-electron chi connectivity index (χ0n) is 17.3. The summed E-state index contributed by atoms with van der Waals surface area (Å²) in [5.41, 5.74) is 13.5. The Balaban J connectivity index is 2.07. The lowest BCUT2D eigenvalue weighted by Gasteiger charge is -2.15. The van der Waals surface area contributed by atoms with Gasteiger partial charge < -0.3 is 20.8 Å². The van der Waals surface area contributed by atoms with Crippen molar-refractivity contribution in [3.63, 3.8) is 0 Å². The third kappa shape index (κ3) is 5.75. The monoisotopic (exact) mass is 446 g/mol. The average molecular weight is 447 g/mol. The number of nitrogens with two attached hydrogens (primary N) is 2. The van der Waals surface area contributed by atoms with Gasteiger partial charge in [0.1, 0.15) is 29.1 Å². The van der Waals surface area contributed by atoms with Crippen molar-refractivity contribution in [1.29, 1.82) is 0 Å². The first-order valence-corrected chi connectivity index (χ1v) is 10.5. The molecule has 2 aromatic carbocycles. The summed E-state index contributed by atoms with van der Waals surface area (Å²) in [6.45, 7) is 4.44. The van der Waals surface area contributed by atoms with Crippen molar-refractivity contribution in [3.05, 3.63) is 71.2 Å². The minimum atomic E-state index is -0.862. The molecule has 0 aliphatic carbocycles. The highest BCUT2D eigenvalue weighted by atomic mass is 32.2. The van der Waals surface area contributed by atoms with Crippen LogP contribution in [0.3, 0.4) is 0 Å². The molecule has 0 spiro atoms. The van der Waals surface area contributed by atoms with E-state index < -0.39 is 17.7 Å². The van der Waals surface area contributed by atoms with Crippen LogP contribution in [0.4, 0.5) is 19.3 Å². The first-order chi connectivity index (χ1) is 14.7. The number of nitrogens with zero attached hydrogens (tertiary/aromatic N) is 2. The number of hydrogen-bond acceptors (Lipinski definition) is 5. The molecule has 31 heavy (non-hydrogen) atoms. The number of para-hydroxylation sites is 1. The maximum Gasteiger partial charge on any atom is 0.404 e. The number of amides is 1. The van der Waals surface area contributed by atoms with Gasteiger partial charge >= 0.3 is 6.09 Å². The van der Waals surface area contributed by atoms with Gasteiger partial charge in [-0.15, -0.1) is 0 Å². The van der Waals surface area contributed by atoms with Crippen LogP contribution in [0.1, 0.15) is 36.8 Å². The summed E-state index contributed by atoms with van der Waals surface area (Å²) in [6, 6.07) is 10.8. The molecule has 0 saturated heterocycles. The van der Waals surface area contributed by atoms with Gasteiger partial charge in [0.25, 0.3) is 0 Å². The lowest BCUT2D eigenvalue weighted by molar-refractivity contribution is 0.157. The van der Waals surface area contributed by atoms with Crippen LogP contribution in [0.5, 0.6) is 0 Å². The molecule has 6 nitrogen and oxygen atoms in total. The molecule has 4 N–H and O–H groups in total. The minimum absolute atomic E-state index is 0.0473. The van der Waals surface area contributed by atoms with E-state index in [1.165, 1.54) is 23.9 Å². The summed E-state index contributed by atoms with van der Waals surface area (Å²) in [5, 5.41) is 0.748. The highest BCUT2D eigenvalue weighted by molar-refractivity contribution is 7.99. The predicted octanol–water partition coefficient (Wildman–Crippen LogP) is 4.70. The number of benzene rings is 2. The number of imidazole rings is 1. The summed E-state index contributed by atoms with van der Waals surface area (Å²) in [5.74, 6) is -0.595. The zero-order chi connectivity index (χ0) is 22.5. The van der Waals surface area contributed by atoms with Crippen molar-refractivity contribution < 1.29 is 18.3 Å². The number of aromatic nitrogens is 2. The van der Waals surface area contributed by atoms with Crippen LogP contribution in [-0.4, -0.2) is 22.3 Å². The fourth-order valence-electron chi connectivity index (χ4n) is 3.13. The number of ether oxygens (including phenoxy) is 1. The van der Waals surface area contributed by atoms with E-state index in [9.17, 15) is 13.6 Å². The number of hydrogen-bond donors (Lipinski definition) is 2. The van der Waals surface area contributed by atoms with Crippen LogP contribution >= 0.6 is 11.8 Å². The standard InChI is InChI=1S/C22H24F2N4O2S/c1-13(2)20-21(31-17-10-15(23)9-16(24)11-17)28(12-14-5-3-4-6-18(14)25)19(27-20)7-8-30-22(26)29/h3-6,9-11,13H,7-8,12,25H2,1-2H3,(H2,26,29). The molecule has 0 aliphatic heterocycles. The van der Waals surface area contributed by atoms with Gasteiger partial charge in [-0.2, -0.15) is 0 Å². The van der Waals surface area contributed by atoms with Gasteiger partial charge in [-0.05, 0) is 29.7 Å². The van der Waals surface area contributed by atoms with Gasteiger partial charge in [0, 0.05) is 23.1 Å². The van der Waals surface area contributed by atoms with Gasteiger partial charge in [0.2, 0.25) is 0 Å². The maximum absolute atomic E-state index is 13.8. The molecule has 0 saturated carbocycles. The zero-order valence-corrected chi connectivity index (χ0v) is 18.1. The fourth-order valence-corrected chi connectivity index (χ4v) is 4.36. The van der Waals surface area contributed by atoms with Crippen molar-refractivity contribution >= 4 is 23.5 Å². The quantitative estimate of drug-likeness (QED) is 0.489. The second kappa shape index (κ2) is 9.82. The topological polar surface area (TPSA) is 96.2 Å². The predicted molar refractivity (Wildman–Crippen MR) is 116 cm³/mol. The van der Waals surface area contributed by atoms with Crippen molar-refractivity contribution in [1.82, 2.24) is 9.55 Å². The number of carbonyl (C=O) groups excluding carboxylic acids is 1. The highest BCUT2D eigenvalue weighted by Crippen LogP contribution is 2.36. The minimum Gasteiger partial charge on any atom is -0.449 e. The molecule has 0 unspecified atom stereocenters. The van der Waals surface area contributed by atoms with Crippen LogP contribution in [0.15, 0.2) is 52.4 Å². The molecule has 164 valence electrons. The van der Waals surface area contributed by atoms with E-state index >= 15 is 0 Å². The number of primary amides is 1. The Kier molecular flexibility index (Phi) is 7.17. The van der Waals surface area contributed by atoms with Gasteiger partial charge in [-0.3, -0.25) is 0 Å². The van der Waals surface area contributed by atoms with E-state index in [0.717, 1.165) is 22.3 Å². The van der Waals surface area contributed by atoms with E-state index in [1.807, 2.05) is 36.6 Å². The van der Waals surface area contributed by atoms with E-state index in [1.54, 1.807) is 6.07 Å². The molecule has 3 rings (SSSR count). The Labute approximate surface area is 183 Å². The first-order valence-electron chi connectivity index (χ1n) is 9.73. The molecule has 0 fully saturated rings. The summed E-state index contributed by atoms with van der Waals surface area (Å²) in [4.78, 5) is 16.1. The molecule has 0 aliphatic rings. The van der Waals surface area contributed by atoms with Crippen molar-refractivity contribution in [3.8, 4) is 0 Å². The molecule has 0 radical (unpaired) electrons. The van der Waals surface area contributed by atoms with Gasteiger partial charge in [0.15, 0.2) is 0 Å². The second-order valence-corrected chi connectivity index (χ2v) is 8.35. The Bertz CT molecular complexity index is 1070. The molecular weight excluding hydrogens is 422 g/mol. The molecule has 1 heterocycles. The van der Waals surface area contributed by atoms with Crippen molar-refractivity contribution in [2.24, 2.45) is 5.73 Å². The Morgan fingerprint density at radius 3 is 2.48 bits per heavy atom. The summed E-state index contributed by atoms with van der Waals surface area (Å²) < 4.78 is 34.4. The highest BCUT2D eigenvalue weighted by Gasteiger charge is 2.22. The van der Waals surface area contributed by atoms with Crippen molar-refractivity contribution in [2.45, 2.75) is 42.7 Å². The molecule has 1 aromatic heterocycles. The molecular formula is C22H24F2N4O2S. The molecule has 3 aromatic rings. The number of carbonyl (C=O) groups is 1. The van der Waals surface area contributed by atoms with Crippen LogP contribution < -0.4 is 11.5 Å².